The number of urea groups is 1. The maximum Gasteiger partial charge on any atom is 0.324 e. The van der Waals surface area contributed by atoms with Gasteiger partial charge in [-0.3, -0.25) is 10.00 Å². The summed E-state index contributed by atoms with van der Waals surface area (Å²) in [6.07, 6.45) is 4.64. The van der Waals surface area contributed by atoms with Crippen molar-refractivity contribution in [3.05, 3.63) is 72.1 Å². The number of carbonyl (C=O) groups excluding carboxylic acids is 1. The minimum absolute atomic E-state index is 0.0759. The maximum atomic E-state index is 12.9. The Labute approximate surface area is 153 Å². The van der Waals surface area contributed by atoms with Crippen LogP contribution >= 0.6 is 0 Å². The molecule has 1 N–H and O–H groups in total. The van der Waals surface area contributed by atoms with Gasteiger partial charge in [0.15, 0.2) is 0 Å². The van der Waals surface area contributed by atoms with Gasteiger partial charge in [0.1, 0.15) is 0 Å². The molecule has 0 saturated carbocycles. The van der Waals surface area contributed by atoms with Gasteiger partial charge in [-0.05, 0) is 35.2 Å². The van der Waals surface area contributed by atoms with E-state index in [1.54, 1.807) is 0 Å². The highest BCUT2D eigenvalue weighted by Crippen LogP contribution is 2.29. The molecule has 0 spiro atoms. The molecule has 0 atom stereocenters. The second kappa shape index (κ2) is 7.04. The van der Waals surface area contributed by atoms with Crippen molar-refractivity contribution in [2.24, 2.45) is 0 Å². The Morgan fingerprint density at radius 3 is 2.69 bits per heavy atom. The van der Waals surface area contributed by atoms with Crippen LogP contribution in [-0.2, 0) is 13.0 Å². The number of H-pyrrole nitrogens is 1. The van der Waals surface area contributed by atoms with E-state index in [0.717, 1.165) is 41.9 Å². The van der Waals surface area contributed by atoms with Crippen molar-refractivity contribution in [3.63, 3.8) is 0 Å². The third-order valence-corrected chi connectivity index (χ3v) is 4.90. The van der Waals surface area contributed by atoms with Crippen molar-refractivity contribution in [2.45, 2.75) is 19.9 Å². The number of aromatic amines is 1. The average Bonchev–Trinajstić information content (AvgIpc) is 3.33. The third-order valence-electron chi connectivity index (χ3n) is 4.90. The normalized spacial score (nSPS) is 14.3. The molecule has 132 valence electrons. The molecule has 0 aliphatic carbocycles. The fraction of sp³-hybridized carbons (Fsp3) is 0.238. The van der Waals surface area contributed by atoms with Gasteiger partial charge in [0.05, 0.1) is 6.20 Å². The molecule has 26 heavy (non-hydrogen) atoms. The molecule has 1 saturated heterocycles. The SMILES string of the molecule is CCc1cc(N2CCN(Cc3ccccc3)C2=O)ccc1-c1cn[nH]c1. The summed E-state index contributed by atoms with van der Waals surface area (Å²) in [5.41, 5.74) is 5.59. The standard InChI is InChI=1S/C21H22N4O/c1-2-17-12-19(8-9-20(17)18-13-22-23-14-18)25-11-10-24(21(25)26)15-16-6-4-3-5-7-16/h3-9,12-14H,2,10-11,15H2,1H3,(H,22,23). The molecule has 0 unspecified atom stereocenters. The number of anilines is 1. The molecule has 4 rings (SSSR count). The van der Waals surface area contributed by atoms with Gasteiger partial charge in [-0.15, -0.1) is 0 Å². The molecule has 1 aliphatic rings. The highest BCUT2D eigenvalue weighted by Gasteiger charge is 2.29. The van der Waals surface area contributed by atoms with E-state index < -0.39 is 0 Å². The largest absolute Gasteiger partial charge is 0.324 e. The fourth-order valence-electron chi connectivity index (χ4n) is 3.49. The van der Waals surface area contributed by atoms with Gasteiger partial charge in [-0.25, -0.2) is 4.79 Å². The fourth-order valence-corrected chi connectivity index (χ4v) is 3.49. The Bertz CT molecular complexity index is 890. The number of aromatic nitrogens is 2. The Hall–Kier alpha value is -3.08. The number of amides is 2. The highest BCUT2D eigenvalue weighted by molar-refractivity contribution is 5.94. The summed E-state index contributed by atoms with van der Waals surface area (Å²) in [5, 5.41) is 6.90. The van der Waals surface area contributed by atoms with Gasteiger partial charge in [-0.1, -0.05) is 43.3 Å². The van der Waals surface area contributed by atoms with Gasteiger partial charge in [0, 0.05) is 37.1 Å². The summed E-state index contributed by atoms with van der Waals surface area (Å²) in [6.45, 7) is 4.26. The van der Waals surface area contributed by atoms with Crippen LogP contribution in [0, 0.1) is 0 Å². The molecular formula is C21H22N4O. The maximum absolute atomic E-state index is 12.9. The molecule has 2 aromatic carbocycles. The second-order valence-corrected chi connectivity index (χ2v) is 6.52. The third kappa shape index (κ3) is 3.08. The lowest BCUT2D eigenvalue weighted by atomic mass is 9.99. The van der Waals surface area contributed by atoms with E-state index in [-0.39, 0.29) is 6.03 Å². The first-order valence-corrected chi connectivity index (χ1v) is 8.98. The molecule has 1 fully saturated rings. The van der Waals surface area contributed by atoms with Crippen LogP contribution in [0.5, 0.6) is 0 Å². The van der Waals surface area contributed by atoms with Crippen LogP contribution in [0.25, 0.3) is 11.1 Å². The van der Waals surface area contributed by atoms with Crippen molar-refractivity contribution in [1.29, 1.82) is 0 Å². The molecule has 2 heterocycles. The second-order valence-electron chi connectivity index (χ2n) is 6.52. The molecule has 1 aromatic heterocycles. The number of rotatable bonds is 5. The summed E-state index contributed by atoms with van der Waals surface area (Å²) >= 11 is 0. The van der Waals surface area contributed by atoms with Crippen LogP contribution in [0.4, 0.5) is 10.5 Å². The van der Waals surface area contributed by atoms with Crippen molar-refractivity contribution in [1.82, 2.24) is 15.1 Å². The zero-order chi connectivity index (χ0) is 17.9. The molecule has 0 bridgehead atoms. The smallest absolute Gasteiger partial charge is 0.318 e. The van der Waals surface area contributed by atoms with Gasteiger partial charge < -0.3 is 4.90 Å². The van der Waals surface area contributed by atoms with Crippen LogP contribution in [-0.4, -0.2) is 34.2 Å². The molecule has 5 nitrogen and oxygen atoms in total. The van der Waals surface area contributed by atoms with Crippen molar-refractivity contribution < 1.29 is 4.79 Å². The Morgan fingerprint density at radius 2 is 1.96 bits per heavy atom. The predicted molar refractivity (Wildman–Crippen MR) is 103 cm³/mol. The molecule has 1 aliphatic heterocycles. The summed E-state index contributed by atoms with van der Waals surface area (Å²) in [4.78, 5) is 16.6. The molecular weight excluding hydrogens is 324 g/mol. The lowest BCUT2D eigenvalue weighted by Crippen LogP contribution is -2.31. The Kier molecular flexibility index (Phi) is 4.44. The number of hydrogen-bond donors (Lipinski definition) is 1. The molecule has 2 amide bonds. The summed E-state index contributed by atoms with van der Waals surface area (Å²) in [7, 11) is 0. The first-order valence-electron chi connectivity index (χ1n) is 8.98. The summed E-state index contributed by atoms with van der Waals surface area (Å²) in [6, 6.07) is 16.5. The topological polar surface area (TPSA) is 52.2 Å². The zero-order valence-corrected chi connectivity index (χ0v) is 14.9. The van der Waals surface area contributed by atoms with E-state index >= 15 is 0 Å². The Morgan fingerprint density at radius 1 is 1.12 bits per heavy atom. The van der Waals surface area contributed by atoms with Crippen LogP contribution < -0.4 is 4.90 Å². The predicted octanol–water partition coefficient (Wildman–Crippen LogP) is 4.08. The zero-order valence-electron chi connectivity index (χ0n) is 14.9. The van der Waals surface area contributed by atoms with E-state index in [1.165, 1.54) is 5.56 Å². The number of benzene rings is 2. The van der Waals surface area contributed by atoms with Gasteiger partial charge in [-0.2, -0.15) is 5.10 Å². The monoisotopic (exact) mass is 346 g/mol. The van der Waals surface area contributed by atoms with E-state index in [2.05, 4.69) is 41.4 Å². The molecule has 5 heteroatoms. The lowest BCUT2D eigenvalue weighted by molar-refractivity contribution is 0.219. The van der Waals surface area contributed by atoms with E-state index in [1.807, 2.05) is 46.5 Å². The molecule has 0 radical (unpaired) electrons. The van der Waals surface area contributed by atoms with Crippen LogP contribution in [0.2, 0.25) is 0 Å². The number of nitrogens with one attached hydrogen (secondary N) is 1. The van der Waals surface area contributed by atoms with E-state index in [0.29, 0.717) is 6.54 Å². The lowest BCUT2D eigenvalue weighted by Gasteiger charge is -2.20. The van der Waals surface area contributed by atoms with E-state index in [9.17, 15) is 4.79 Å². The molecule has 3 aromatic rings. The van der Waals surface area contributed by atoms with Crippen LogP contribution in [0.3, 0.4) is 0 Å². The summed E-state index contributed by atoms with van der Waals surface area (Å²) in [5.74, 6) is 0. The van der Waals surface area contributed by atoms with Gasteiger partial charge in [0.2, 0.25) is 0 Å². The quantitative estimate of drug-likeness (QED) is 0.757. The summed E-state index contributed by atoms with van der Waals surface area (Å²) < 4.78 is 0. The number of carbonyl (C=O) groups is 1. The van der Waals surface area contributed by atoms with Crippen LogP contribution in [0.15, 0.2) is 60.9 Å². The van der Waals surface area contributed by atoms with Crippen LogP contribution in [0.1, 0.15) is 18.1 Å². The highest BCUT2D eigenvalue weighted by atomic mass is 16.2. The van der Waals surface area contributed by atoms with Gasteiger partial charge >= 0.3 is 6.03 Å². The van der Waals surface area contributed by atoms with Crippen molar-refractivity contribution in [3.8, 4) is 11.1 Å². The first-order chi connectivity index (χ1) is 12.8. The minimum Gasteiger partial charge on any atom is -0.318 e. The number of nitrogens with zero attached hydrogens (tertiary/aromatic N) is 3. The first kappa shape index (κ1) is 16.4. The average molecular weight is 346 g/mol. The van der Waals surface area contributed by atoms with Crippen molar-refractivity contribution in [2.75, 3.05) is 18.0 Å². The number of hydrogen-bond acceptors (Lipinski definition) is 2. The van der Waals surface area contributed by atoms with E-state index in [4.69, 9.17) is 0 Å². The minimum atomic E-state index is 0.0759. The van der Waals surface area contributed by atoms with Crippen molar-refractivity contribution >= 4 is 11.7 Å². The number of aryl methyl sites for hydroxylation is 1. The van der Waals surface area contributed by atoms with Gasteiger partial charge in [0.25, 0.3) is 0 Å². The Balaban J connectivity index is 1.55.